The molecule has 0 saturated carbocycles. The number of anilines is 1. The Bertz CT molecular complexity index is 1670. The van der Waals surface area contributed by atoms with Crippen LogP contribution in [-0.4, -0.2) is 35.6 Å². The standard InChI is InChI=1S/C30H22ClIN2O5S/c1-38-25-14-18(13-23(32)28(25)39-17-20-9-6-8-19-7-2-3-10-21(19)20)15-26-29(36)34(30(37)40-26)16-27(35)33-24-12-5-4-11-22(24)31/h2-15H,16-17H2,1H3,(H,33,35)/b26-15+. The number of thioether (sulfide) groups is 1. The van der Waals surface area contributed by atoms with E-state index in [1.54, 1.807) is 43.5 Å². The van der Waals surface area contributed by atoms with Gasteiger partial charge in [0.1, 0.15) is 13.2 Å². The van der Waals surface area contributed by atoms with Gasteiger partial charge in [0.25, 0.3) is 11.1 Å². The lowest BCUT2D eigenvalue weighted by Gasteiger charge is -2.15. The molecule has 4 aromatic rings. The Hall–Kier alpha value is -3.54. The average molecular weight is 685 g/mol. The molecule has 0 spiro atoms. The summed E-state index contributed by atoms with van der Waals surface area (Å²) >= 11 is 9.02. The first-order valence-electron chi connectivity index (χ1n) is 12.1. The summed E-state index contributed by atoms with van der Waals surface area (Å²) in [6, 6.07) is 24.5. The van der Waals surface area contributed by atoms with Crippen molar-refractivity contribution in [2.45, 2.75) is 6.61 Å². The number of fused-ring (bicyclic) bond motifs is 1. The van der Waals surface area contributed by atoms with Gasteiger partial charge in [0.15, 0.2) is 11.5 Å². The Balaban J connectivity index is 1.31. The van der Waals surface area contributed by atoms with E-state index in [0.717, 1.165) is 36.6 Å². The molecule has 0 atom stereocenters. The Morgan fingerprint density at radius 1 is 1.05 bits per heavy atom. The van der Waals surface area contributed by atoms with E-state index in [1.807, 2.05) is 30.3 Å². The summed E-state index contributed by atoms with van der Waals surface area (Å²) in [4.78, 5) is 39.2. The lowest BCUT2D eigenvalue weighted by Crippen LogP contribution is -2.36. The van der Waals surface area contributed by atoms with Crippen LogP contribution in [-0.2, 0) is 16.2 Å². The first-order chi connectivity index (χ1) is 19.3. The van der Waals surface area contributed by atoms with Crippen molar-refractivity contribution in [2.75, 3.05) is 19.0 Å². The molecule has 0 aromatic heterocycles. The molecule has 202 valence electrons. The van der Waals surface area contributed by atoms with E-state index < -0.39 is 23.6 Å². The van der Waals surface area contributed by atoms with Crippen LogP contribution >= 0.6 is 46.0 Å². The first-order valence-corrected chi connectivity index (χ1v) is 14.4. The number of rotatable bonds is 8. The summed E-state index contributed by atoms with van der Waals surface area (Å²) in [6.45, 7) is -0.0722. The highest BCUT2D eigenvalue weighted by atomic mass is 127. The van der Waals surface area contributed by atoms with Crippen molar-refractivity contribution in [1.29, 1.82) is 0 Å². The molecule has 0 unspecified atom stereocenters. The minimum atomic E-state index is -0.547. The Morgan fingerprint density at radius 3 is 2.60 bits per heavy atom. The number of imide groups is 1. The van der Waals surface area contributed by atoms with Gasteiger partial charge in [-0.15, -0.1) is 0 Å². The summed E-state index contributed by atoms with van der Waals surface area (Å²) in [6.07, 6.45) is 1.61. The van der Waals surface area contributed by atoms with Crippen molar-refractivity contribution in [1.82, 2.24) is 4.90 Å². The smallest absolute Gasteiger partial charge is 0.294 e. The number of para-hydroxylation sites is 1. The SMILES string of the molecule is COc1cc(/C=C2/SC(=O)N(CC(=O)Nc3ccccc3Cl)C2=O)cc(I)c1OCc1cccc2ccccc12. The molecule has 40 heavy (non-hydrogen) atoms. The van der Waals surface area contributed by atoms with Gasteiger partial charge in [0, 0.05) is 0 Å². The number of carbonyl (C=O) groups is 3. The van der Waals surface area contributed by atoms with Crippen LogP contribution in [0.4, 0.5) is 10.5 Å². The maximum absolute atomic E-state index is 13.0. The maximum atomic E-state index is 13.0. The topological polar surface area (TPSA) is 84.9 Å². The lowest BCUT2D eigenvalue weighted by molar-refractivity contribution is -0.127. The molecule has 0 radical (unpaired) electrons. The van der Waals surface area contributed by atoms with Gasteiger partial charge in [0.05, 0.1) is 26.3 Å². The number of methoxy groups -OCH3 is 1. The fraction of sp³-hybridized carbons (Fsp3) is 0.100. The van der Waals surface area contributed by atoms with Gasteiger partial charge in [-0.2, -0.15) is 0 Å². The van der Waals surface area contributed by atoms with Crippen LogP contribution in [0.3, 0.4) is 0 Å². The second kappa shape index (κ2) is 12.3. The average Bonchev–Trinajstić information content (AvgIpc) is 3.20. The molecule has 10 heteroatoms. The van der Waals surface area contributed by atoms with Crippen LogP contribution in [0.1, 0.15) is 11.1 Å². The van der Waals surface area contributed by atoms with Gasteiger partial charge < -0.3 is 14.8 Å². The van der Waals surface area contributed by atoms with E-state index in [9.17, 15) is 14.4 Å². The van der Waals surface area contributed by atoms with Crippen molar-refractivity contribution in [3.8, 4) is 11.5 Å². The number of ether oxygens (including phenoxy) is 2. The highest BCUT2D eigenvalue weighted by molar-refractivity contribution is 14.1. The van der Waals surface area contributed by atoms with E-state index in [-0.39, 0.29) is 4.91 Å². The maximum Gasteiger partial charge on any atom is 0.294 e. The zero-order valence-corrected chi connectivity index (χ0v) is 24.9. The van der Waals surface area contributed by atoms with Gasteiger partial charge in [-0.1, -0.05) is 66.2 Å². The molecular weight excluding hydrogens is 663 g/mol. The summed E-state index contributed by atoms with van der Waals surface area (Å²) in [5, 5.41) is 4.71. The molecule has 1 heterocycles. The Kier molecular flexibility index (Phi) is 8.63. The number of amides is 3. The van der Waals surface area contributed by atoms with Crippen molar-refractivity contribution in [3.05, 3.63) is 103 Å². The number of nitrogens with one attached hydrogen (secondary N) is 1. The van der Waals surface area contributed by atoms with Gasteiger partial charge in [-0.25, -0.2) is 0 Å². The van der Waals surface area contributed by atoms with Crippen LogP contribution in [0.5, 0.6) is 11.5 Å². The number of benzene rings is 4. The molecule has 1 saturated heterocycles. The molecule has 5 rings (SSSR count). The summed E-state index contributed by atoms with van der Waals surface area (Å²) in [5.41, 5.74) is 2.11. The number of halogens is 2. The number of nitrogens with zero attached hydrogens (tertiary/aromatic N) is 1. The molecule has 1 N–H and O–H groups in total. The normalized spacial score (nSPS) is 14.2. The molecule has 1 aliphatic rings. The van der Waals surface area contributed by atoms with E-state index in [4.69, 9.17) is 21.1 Å². The van der Waals surface area contributed by atoms with Crippen molar-refractivity contribution >= 4 is 85.5 Å². The van der Waals surface area contributed by atoms with Crippen LogP contribution in [0.2, 0.25) is 5.02 Å². The van der Waals surface area contributed by atoms with Crippen molar-refractivity contribution in [3.63, 3.8) is 0 Å². The highest BCUT2D eigenvalue weighted by Gasteiger charge is 2.36. The molecule has 4 aromatic carbocycles. The molecule has 1 fully saturated rings. The highest BCUT2D eigenvalue weighted by Crippen LogP contribution is 2.38. The zero-order valence-electron chi connectivity index (χ0n) is 21.1. The van der Waals surface area contributed by atoms with Gasteiger partial charge in [-0.3, -0.25) is 19.3 Å². The van der Waals surface area contributed by atoms with E-state index >= 15 is 0 Å². The van der Waals surface area contributed by atoms with Crippen LogP contribution in [0.25, 0.3) is 16.8 Å². The first kappa shape index (κ1) is 28.0. The third-order valence-electron chi connectivity index (χ3n) is 6.12. The van der Waals surface area contributed by atoms with Crippen molar-refractivity contribution < 1.29 is 23.9 Å². The van der Waals surface area contributed by atoms with E-state index in [2.05, 4.69) is 46.1 Å². The molecule has 0 bridgehead atoms. The van der Waals surface area contributed by atoms with E-state index in [1.165, 1.54) is 0 Å². The van der Waals surface area contributed by atoms with Gasteiger partial charge >= 0.3 is 0 Å². The van der Waals surface area contributed by atoms with Gasteiger partial charge in [0.2, 0.25) is 5.91 Å². The second-order valence-electron chi connectivity index (χ2n) is 8.76. The quantitative estimate of drug-likeness (QED) is 0.154. The number of hydrogen-bond acceptors (Lipinski definition) is 6. The third-order valence-corrected chi connectivity index (χ3v) is 8.16. The Labute approximate surface area is 253 Å². The third kappa shape index (κ3) is 6.11. The molecular formula is C30H22ClIN2O5S. The summed E-state index contributed by atoms with van der Waals surface area (Å²) in [7, 11) is 1.55. The zero-order chi connectivity index (χ0) is 28.2. The number of hydrogen-bond donors (Lipinski definition) is 1. The van der Waals surface area contributed by atoms with E-state index in [0.29, 0.717) is 34.4 Å². The lowest BCUT2D eigenvalue weighted by atomic mass is 10.1. The minimum absolute atomic E-state index is 0.206. The fourth-order valence-electron chi connectivity index (χ4n) is 4.22. The summed E-state index contributed by atoms with van der Waals surface area (Å²) in [5.74, 6) is 0.00407. The Morgan fingerprint density at radius 2 is 1.80 bits per heavy atom. The minimum Gasteiger partial charge on any atom is -0.493 e. The largest absolute Gasteiger partial charge is 0.493 e. The predicted octanol–water partition coefficient (Wildman–Crippen LogP) is 7.36. The monoisotopic (exact) mass is 684 g/mol. The summed E-state index contributed by atoms with van der Waals surface area (Å²) < 4.78 is 12.6. The molecule has 7 nitrogen and oxygen atoms in total. The number of carbonyl (C=O) groups excluding carboxylic acids is 3. The van der Waals surface area contributed by atoms with Crippen LogP contribution in [0, 0.1) is 3.57 Å². The molecule has 3 amide bonds. The van der Waals surface area contributed by atoms with Gasteiger partial charge in [-0.05, 0) is 86.6 Å². The van der Waals surface area contributed by atoms with Crippen LogP contribution in [0.15, 0.2) is 83.8 Å². The van der Waals surface area contributed by atoms with Crippen molar-refractivity contribution in [2.24, 2.45) is 0 Å². The molecule has 1 aliphatic heterocycles. The predicted molar refractivity (Wildman–Crippen MR) is 167 cm³/mol. The second-order valence-corrected chi connectivity index (χ2v) is 11.3. The fourth-order valence-corrected chi connectivity index (χ4v) is 6.02. The van der Waals surface area contributed by atoms with Crippen LogP contribution < -0.4 is 14.8 Å². The molecule has 0 aliphatic carbocycles.